The fourth-order valence-corrected chi connectivity index (χ4v) is 1.49. The van der Waals surface area contributed by atoms with Crippen LogP contribution in [0.3, 0.4) is 0 Å². The summed E-state index contributed by atoms with van der Waals surface area (Å²) in [6, 6.07) is -3.05. The molecule has 0 radical (unpaired) electrons. The molecule has 8 N–H and O–H groups in total. The third-order valence-corrected chi connectivity index (χ3v) is 2.96. The highest BCUT2D eigenvalue weighted by atomic mass is 16.4. The summed E-state index contributed by atoms with van der Waals surface area (Å²) < 4.78 is 0. The molecule has 0 aliphatic heterocycles. The van der Waals surface area contributed by atoms with Crippen LogP contribution in [0, 0.1) is 0 Å². The lowest BCUT2D eigenvalue weighted by Gasteiger charge is -2.17. The first-order valence-corrected chi connectivity index (χ1v) is 7.18. The number of carboxylic acid groups (broad SMARTS) is 1. The second-order valence-corrected chi connectivity index (χ2v) is 5.19. The number of nitrogens with two attached hydrogens (primary N) is 2. The van der Waals surface area contributed by atoms with Crippen LogP contribution in [-0.4, -0.2) is 59.4 Å². The number of aliphatic carboxylic acids is 1. The Morgan fingerprint density at radius 1 is 1.00 bits per heavy atom. The maximum atomic E-state index is 11.8. The molecular weight excluding hydrogens is 322 g/mol. The Balaban J connectivity index is 4.23. The number of nitrogens with one attached hydrogen (secondary N) is 3. The van der Waals surface area contributed by atoms with Gasteiger partial charge in [0, 0.05) is 6.42 Å². The summed E-state index contributed by atoms with van der Waals surface area (Å²) in [6.45, 7) is 2.22. The molecule has 0 aliphatic carbocycles. The van der Waals surface area contributed by atoms with E-state index in [-0.39, 0.29) is 12.8 Å². The van der Waals surface area contributed by atoms with E-state index in [1.165, 1.54) is 13.8 Å². The fraction of sp³-hybridized carbons (Fsp3) is 0.615. The van der Waals surface area contributed by atoms with E-state index in [9.17, 15) is 24.0 Å². The molecule has 11 nitrogen and oxygen atoms in total. The number of hydrogen-bond acceptors (Lipinski definition) is 6. The SMILES string of the molecule is CC(NC(=O)CNC(=O)C(C)NC(=O)C(N)CCC(N)=O)C(=O)O. The summed E-state index contributed by atoms with van der Waals surface area (Å²) in [5.74, 6) is -3.77. The third kappa shape index (κ3) is 8.68. The molecule has 0 aromatic heterocycles. The van der Waals surface area contributed by atoms with E-state index < -0.39 is 54.3 Å². The molecule has 4 amide bonds. The van der Waals surface area contributed by atoms with Gasteiger partial charge in [0.25, 0.3) is 0 Å². The van der Waals surface area contributed by atoms with Gasteiger partial charge in [-0.15, -0.1) is 0 Å². The van der Waals surface area contributed by atoms with Crippen LogP contribution >= 0.6 is 0 Å². The van der Waals surface area contributed by atoms with Crippen molar-refractivity contribution in [1.82, 2.24) is 16.0 Å². The molecule has 0 saturated heterocycles. The predicted molar refractivity (Wildman–Crippen MR) is 82.3 cm³/mol. The molecule has 0 rings (SSSR count). The van der Waals surface area contributed by atoms with Crippen molar-refractivity contribution >= 4 is 29.6 Å². The molecule has 11 heteroatoms. The second kappa shape index (κ2) is 10.2. The van der Waals surface area contributed by atoms with Crippen LogP contribution in [-0.2, 0) is 24.0 Å². The van der Waals surface area contributed by atoms with Gasteiger partial charge in [0.05, 0.1) is 12.6 Å². The van der Waals surface area contributed by atoms with Gasteiger partial charge in [0.2, 0.25) is 23.6 Å². The molecule has 136 valence electrons. The van der Waals surface area contributed by atoms with Gasteiger partial charge in [-0.25, -0.2) is 0 Å². The lowest BCUT2D eigenvalue weighted by molar-refractivity contribution is -0.141. The number of carbonyl (C=O) groups is 5. The van der Waals surface area contributed by atoms with Gasteiger partial charge in [-0.3, -0.25) is 24.0 Å². The second-order valence-electron chi connectivity index (χ2n) is 5.19. The first-order chi connectivity index (χ1) is 11.0. The molecule has 0 heterocycles. The third-order valence-electron chi connectivity index (χ3n) is 2.96. The van der Waals surface area contributed by atoms with Gasteiger partial charge >= 0.3 is 5.97 Å². The topological polar surface area (TPSA) is 194 Å². The zero-order chi connectivity index (χ0) is 18.9. The largest absolute Gasteiger partial charge is 0.480 e. The van der Waals surface area contributed by atoms with Gasteiger partial charge in [-0.2, -0.15) is 0 Å². The summed E-state index contributed by atoms with van der Waals surface area (Å²) in [7, 11) is 0. The standard InChI is InChI=1S/C13H23N5O6/c1-6(18-12(22)8(14)3-4-9(15)19)11(21)16-5-10(20)17-7(2)13(23)24/h6-8H,3-5,14H2,1-2H3,(H2,15,19)(H,16,21)(H,17,20)(H,18,22)(H,23,24). The summed E-state index contributed by atoms with van der Waals surface area (Å²) >= 11 is 0. The van der Waals surface area contributed by atoms with E-state index in [4.69, 9.17) is 16.6 Å². The smallest absolute Gasteiger partial charge is 0.325 e. The molecule has 0 spiro atoms. The van der Waals surface area contributed by atoms with Crippen LogP contribution < -0.4 is 27.4 Å². The van der Waals surface area contributed by atoms with Gasteiger partial charge in [-0.05, 0) is 20.3 Å². The minimum Gasteiger partial charge on any atom is -0.480 e. The maximum Gasteiger partial charge on any atom is 0.325 e. The summed E-state index contributed by atoms with van der Waals surface area (Å²) in [4.78, 5) is 56.1. The van der Waals surface area contributed by atoms with Crippen LogP contribution in [0.5, 0.6) is 0 Å². The lowest BCUT2D eigenvalue weighted by atomic mass is 10.1. The average molecular weight is 345 g/mol. The average Bonchev–Trinajstić information content (AvgIpc) is 2.49. The van der Waals surface area contributed by atoms with Crippen molar-refractivity contribution in [1.29, 1.82) is 0 Å². The van der Waals surface area contributed by atoms with Gasteiger partial charge in [-0.1, -0.05) is 0 Å². The number of hydrogen-bond donors (Lipinski definition) is 6. The minimum atomic E-state index is -1.21. The first-order valence-electron chi connectivity index (χ1n) is 7.18. The predicted octanol–water partition coefficient (Wildman–Crippen LogP) is -3.21. The number of primary amides is 1. The highest BCUT2D eigenvalue weighted by molar-refractivity contribution is 5.92. The Morgan fingerprint density at radius 2 is 1.58 bits per heavy atom. The van der Waals surface area contributed by atoms with Crippen molar-refractivity contribution in [3.05, 3.63) is 0 Å². The Bertz CT molecular complexity index is 509. The Kier molecular flexibility index (Phi) is 9.02. The molecule has 24 heavy (non-hydrogen) atoms. The number of rotatable bonds is 10. The number of carbonyl (C=O) groups excluding carboxylic acids is 4. The molecule has 0 aromatic rings. The van der Waals surface area contributed by atoms with Crippen LogP contribution in [0.2, 0.25) is 0 Å². The van der Waals surface area contributed by atoms with Crippen LogP contribution in [0.4, 0.5) is 0 Å². The highest BCUT2D eigenvalue weighted by Gasteiger charge is 2.21. The highest BCUT2D eigenvalue weighted by Crippen LogP contribution is 1.95. The summed E-state index contributed by atoms with van der Waals surface area (Å²) in [5.41, 5.74) is 10.5. The van der Waals surface area contributed by atoms with Crippen molar-refractivity contribution in [2.75, 3.05) is 6.54 Å². The summed E-state index contributed by atoms with van der Waals surface area (Å²) in [6.07, 6.45) is -0.0118. The lowest BCUT2D eigenvalue weighted by Crippen LogP contribution is -2.52. The van der Waals surface area contributed by atoms with Crippen molar-refractivity contribution in [2.45, 2.75) is 44.8 Å². The van der Waals surface area contributed by atoms with Crippen molar-refractivity contribution in [3.63, 3.8) is 0 Å². The van der Waals surface area contributed by atoms with E-state index in [1.807, 2.05) is 0 Å². The molecular formula is C13H23N5O6. The normalized spacial score (nSPS) is 14.0. The first kappa shape index (κ1) is 21.3. The van der Waals surface area contributed by atoms with Crippen molar-refractivity contribution in [3.8, 4) is 0 Å². The Labute approximate surface area is 138 Å². The molecule has 0 bridgehead atoms. The molecule has 3 unspecified atom stereocenters. The maximum absolute atomic E-state index is 11.8. The minimum absolute atomic E-state index is 0.0466. The van der Waals surface area contributed by atoms with Crippen molar-refractivity contribution in [2.24, 2.45) is 11.5 Å². The van der Waals surface area contributed by atoms with E-state index in [2.05, 4.69) is 16.0 Å². The molecule has 0 aromatic carbocycles. The van der Waals surface area contributed by atoms with E-state index in [1.54, 1.807) is 0 Å². The Hall–Kier alpha value is -2.69. The zero-order valence-corrected chi connectivity index (χ0v) is 13.5. The quantitative estimate of drug-likeness (QED) is 0.240. The van der Waals surface area contributed by atoms with Crippen LogP contribution in [0.25, 0.3) is 0 Å². The molecule has 0 aliphatic rings. The van der Waals surface area contributed by atoms with E-state index in [0.29, 0.717) is 0 Å². The van der Waals surface area contributed by atoms with Gasteiger partial charge in [0.1, 0.15) is 12.1 Å². The van der Waals surface area contributed by atoms with Gasteiger partial charge < -0.3 is 32.5 Å². The molecule has 0 saturated carbocycles. The summed E-state index contributed by atoms with van der Waals surface area (Å²) in [5, 5.41) is 15.4. The molecule has 0 fully saturated rings. The van der Waals surface area contributed by atoms with Crippen LogP contribution in [0.1, 0.15) is 26.7 Å². The zero-order valence-electron chi connectivity index (χ0n) is 13.5. The Morgan fingerprint density at radius 3 is 2.08 bits per heavy atom. The van der Waals surface area contributed by atoms with Gasteiger partial charge in [0.15, 0.2) is 0 Å². The van der Waals surface area contributed by atoms with E-state index >= 15 is 0 Å². The fourth-order valence-electron chi connectivity index (χ4n) is 1.49. The monoisotopic (exact) mass is 345 g/mol. The number of carboxylic acids is 1. The molecule has 3 atom stereocenters. The van der Waals surface area contributed by atoms with Crippen LogP contribution in [0.15, 0.2) is 0 Å². The number of amides is 4. The van der Waals surface area contributed by atoms with E-state index in [0.717, 1.165) is 0 Å². The van der Waals surface area contributed by atoms with Crippen molar-refractivity contribution < 1.29 is 29.1 Å².